The van der Waals surface area contributed by atoms with Gasteiger partial charge in [-0.2, -0.15) is 0 Å². The van der Waals surface area contributed by atoms with Crippen LogP contribution in [-0.4, -0.2) is 7.25 Å². The van der Waals surface area contributed by atoms with E-state index in [1.165, 1.54) is 0 Å². The van der Waals surface area contributed by atoms with Crippen molar-refractivity contribution in [2.45, 2.75) is 0 Å². The molecule has 0 saturated carbocycles. The van der Waals surface area contributed by atoms with Crippen LogP contribution in [0.4, 0.5) is 23.1 Å². The largest absolute Gasteiger partial charge is 0.673 e. The lowest BCUT2D eigenvalue weighted by atomic mass is 10.2. The fourth-order valence-corrected chi connectivity index (χ4v) is 1.48. The molecule has 2 aromatic rings. The third kappa shape index (κ3) is 4.85. The molecule has 0 fully saturated rings. The van der Waals surface area contributed by atoms with Gasteiger partial charge >= 0.3 is 7.25 Å². The summed E-state index contributed by atoms with van der Waals surface area (Å²) in [5.41, 5.74) is 9.41. The van der Waals surface area contributed by atoms with Crippen LogP contribution in [0.25, 0.3) is 21.3 Å². The number of rotatable bonds is 1. The number of benzene rings is 1. The summed E-state index contributed by atoms with van der Waals surface area (Å²) < 4.78 is 40.9. The highest BCUT2D eigenvalue weighted by atomic mass is 19.5. The predicted molar refractivity (Wildman–Crippen MR) is 64.1 cm³/mol. The zero-order valence-electron chi connectivity index (χ0n) is 9.84. The topological polar surface area (TPSA) is 52.6 Å². The Morgan fingerprint density at radius 3 is 2.26 bits per heavy atom. The van der Waals surface area contributed by atoms with Gasteiger partial charge in [-0.05, 0) is 28.8 Å². The van der Waals surface area contributed by atoms with Gasteiger partial charge in [0.05, 0.1) is 7.05 Å². The first-order valence-electron chi connectivity index (χ1n) is 5.13. The maximum Gasteiger partial charge on any atom is 0.673 e. The number of para-hydroxylation sites is 1. The Hall–Kier alpha value is -2.28. The van der Waals surface area contributed by atoms with Gasteiger partial charge in [0.1, 0.15) is 5.52 Å². The second kappa shape index (κ2) is 6.06. The summed E-state index contributed by atoms with van der Waals surface area (Å²) in [7, 11) is -4.12. The van der Waals surface area contributed by atoms with E-state index in [0.717, 1.165) is 10.9 Å². The summed E-state index contributed by atoms with van der Waals surface area (Å²) in [6.45, 7) is 0. The van der Waals surface area contributed by atoms with Crippen LogP contribution in [0.1, 0.15) is 0 Å². The third-order valence-corrected chi connectivity index (χ3v) is 2.20. The zero-order valence-corrected chi connectivity index (χ0v) is 9.84. The lowest BCUT2D eigenvalue weighted by molar-refractivity contribution is -0.631. The van der Waals surface area contributed by atoms with E-state index in [4.69, 9.17) is 5.53 Å². The van der Waals surface area contributed by atoms with Crippen molar-refractivity contribution in [2.75, 3.05) is 0 Å². The maximum atomic E-state index is 9.75. The van der Waals surface area contributed by atoms with Crippen molar-refractivity contribution in [2.24, 2.45) is 12.2 Å². The number of hydrogen-bond donors (Lipinski definition) is 0. The normalized spacial score (nSPS) is 10.4. The second-order valence-corrected chi connectivity index (χ2v) is 3.49. The number of azide groups is 1. The highest BCUT2D eigenvalue weighted by Gasteiger charge is 2.20. The number of halogens is 4. The molecule has 9 heteroatoms. The lowest BCUT2D eigenvalue weighted by Gasteiger charge is -2.02. The first-order chi connectivity index (χ1) is 8.83. The highest BCUT2D eigenvalue weighted by molar-refractivity contribution is 6.50. The highest BCUT2D eigenvalue weighted by Crippen LogP contribution is 2.13. The Morgan fingerprint density at radius 2 is 1.68 bits per heavy atom. The molecule has 0 bridgehead atoms. The predicted octanol–water partition coefficient (Wildman–Crippen LogP) is 3.91. The fraction of sp³-hybridized carbons (Fsp3) is 0.100. The molecule has 1 heterocycles. The van der Waals surface area contributed by atoms with E-state index in [2.05, 4.69) is 10.0 Å². The van der Waals surface area contributed by atoms with Crippen LogP contribution in [0.15, 0.2) is 41.5 Å². The summed E-state index contributed by atoms with van der Waals surface area (Å²) in [6, 6.07) is 11.7. The van der Waals surface area contributed by atoms with Crippen molar-refractivity contribution in [1.82, 2.24) is 0 Å². The van der Waals surface area contributed by atoms with Crippen LogP contribution in [0, 0.1) is 0 Å². The molecule has 2 rings (SSSR count). The standard InChI is InChI=1S/C10H9N4.BF4/c1-14-9-5-3-2-4-8(9)6-7-10(14)12-13-11;2-1(3,4)5/h2-7H,1H3;/q+1;-1. The molecule has 0 radical (unpaired) electrons. The van der Waals surface area contributed by atoms with Crippen molar-refractivity contribution in [1.29, 1.82) is 0 Å². The molecule has 0 aliphatic carbocycles. The van der Waals surface area contributed by atoms with Crippen LogP contribution >= 0.6 is 0 Å². The summed E-state index contributed by atoms with van der Waals surface area (Å²) in [4.78, 5) is 2.78. The lowest BCUT2D eigenvalue weighted by Crippen LogP contribution is -2.28. The van der Waals surface area contributed by atoms with Crippen molar-refractivity contribution < 1.29 is 21.8 Å². The molecule has 0 spiro atoms. The quantitative estimate of drug-likeness (QED) is 0.189. The van der Waals surface area contributed by atoms with E-state index in [-0.39, 0.29) is 0 Å². The summed E-state index contributed by atoms with van der Waals surface area (Å²) in [6.07, 6.45) is 0. The smallest absolute Gasteiger partial charge is 0.418 e. The van der Waals surface area contributed by atoms with Gasteiger partial charge in [0.2, 0.25) is 0 Å². The van der Waals surface area contributed by atoms with Gasteiger partial charge in [0.15, 0.2) is 5.82 Å². The molecule has 0 unspecified atom stereocenters. The van der Waals surface area contributed by atoms with Gasteiger partial charge in [0.25, 0.3) is 0 Å². The minimum absolute atomic E-state index is 0.617. The minimum atomic E-state index is -6.00. The summed E-state index contributed by atoms with van der Waals surface area (Å²) in [5, 5.41) is 4.73. The Labute approximate surface area is 106 Å². The average molecular weight is 272 g/mol. The van der Waals surface area contributed by atoms with Gasteiger partial charge in [-0.1, -0.05) is 18.2 Å². The monoisotopic (exact) mass is 272 g/mol. The SMILES string of the molecule is C[n+]1c(N=[N+]=[N-])ccc2ccccc21.F[B-](F)(F)F. The Kier molecular flexibility index (Phi) is 4.71. The van der Waals surface area contributed by atoms with E-state index >= 15 is 0 Å². The Bertz CT molecular complexity index is 616. The van der Waals surface area contributed by atoms with E-state index < -0.39 is 7.25 Å². The van der Waals surface area contributed by atoms with Gasteiger partial charge in [-0.15, -0.1) is 0 Å². The van der Waals surface area contributed by atoms with Crippen LogP contribution < -0.4 is 4.57 Å². The van der Waals surface area contributed by atoms with E-state index in [1.807, 2.05) is 48.0 Å². The van der Waals surface area contributed by atoms with E-state index in [0.29, 0.717) is 5.82 Å². The number of aryl methyl sites for hydroxylation is 1. The molecule has 0 N–H and O–H groups in total. The first-order valence-corrected chi connectivity index (χ1v) is 5.13. The van der Waals surface area contributed by atoms with Crippen LogP contribution in [-0.2, 0) is 7.05 Å². The zero-order chi connectivity index (χ0) is 14.5. The van der Waals surface area contributed by atoms with Crippen LogP contribution in [0.5, 0.6) is 0 Å². The average Bonchev–Trinajstić information content (AvgIpc) is 2.31. The number of fused-ring (bicyclic) bond motifs is 1. The fourth-order valence-electron chi connectivity index (χ4n) is 1.48. The second-order valence-electron chi connectivity index (χ2n) is 3.49. The molecule has 100 valence electrons. The number of aromatic nitrogens is 1. The third-order valence-electron chi connectivity index (χ3n) is 2.20. The number of nitrogens with zero attached hydrogens (tertiary/aromatic N) is 4. The van der Waals surface area contributed by atoms with E-state index in [1.54, 1.807) is 0 Å². The molecule has 1 aromatic carbocycles. The van der Waals surface area contributed by atoms with Gasteiger partial charge < -0.3 is 17.3 Å². The Balaban J connectivity index is 0.000000312. The molecule has 4 nitrogen and oxygen atoms in total. The van der Waals surface area contributed by atoms with Gasteiger partial charge in [0, 0.05) is 10.3 Å². The molecule has 0 atom stereocenters. The maximum absolute atomic E-state index is 9.75. The molecule has 19 heavy (non-hydrogen) atoms. The molecule has 0 saturated heterocycles. The molecule has 0 aliphatic heterocycles. The molecule has 0 aliphatic rings. The van der Waals surface area contributed by atoms with Crippen molar-refractivity contribution >= 4 is 24.0 Å². The van der Waals surface area contributed by atoms with Gasteiger partial charge in [-0.25, -0.2) is 0 Å². The first kappa shape index (κ1) is 14.8. The molecular weight excluding hydrogens is 263 g/mol. The number of hydrogen-bond acceptors (Lipinski definition) is 1. The molecule has 0 amide bonds. The molecular formula is C10H9BF4N4. The van der Waals surface area contributed by atoms with Crippen LogP contribution in [0.3, 0.4) is 0 Å². The van der Waals surface area contributed by atoms with Crippen molar-refractivity contribution in [3.63, 3.8) is 0 Å². The summed E-state index contributed by atoms with van der Waals surface area (Å²) >= 11 is 0. The Morgan fingerprint density at radius 1 is 1.11 bits per heavy atom. The minimum Gasteiger partial charge on any atom is -0.418 e. The number of pyridine rings is 1. The molecule has 1 aromatic heterocycles. The van der Waals surface area contributed by atoms with Crippen molar-refractivity contribution in [3.05, 3.63) is 46.8 Å². The van der Waals surface area contributed by atoms with Crippen molar-refractivity contribution in [3.8, 4) is 0 Å². The van der Waals surface area contributed by atoms with Crippen LogP contribution in [0.2, 0.25) is 0 Å². The van der Waals surface area contributed by atoms with Gasteiger partial charge in [-0.3, -0.25) is 4.57 Å². The van der Waals surface area contributed by atoms with E-state index in [9.17, 15) is 17.3 Å². The summed E-state index contributed by atoms with van der Waals surface area (Å²) in [5.74, 6) is 0.617.